The average molecular weight is 214 g/mol. The molecule has 0 radical (unpaired) electrons. The van der Waals surface area contributed by atoms with Crippen LogP contribution in [0, 0.1) is 5.82 Å². The zero-order chi connectivity index (χ0) is 10.3. The molecule has 0 saturated carbocycles. The molecular formula is C9H5ClFNO2. The van der Waals surface area contributed by atoms with Gasteiger partial charge in [0.25, 0.3) is 5.56 Å². The highest BCUT2D eigenvalue weighted by molar-refractivity contribution is 6.35. The van der Waals surface area contributed by atoms with Crippen molar-refractivity contribution in [1.82, 2.24) is 4.98 Å². The van der Waals surface area contributed by atoms with Crippen LogP contribution in [0.3, 0.4) is 0 Å². The molecule has 0 unspecified atom stereocenters. The summed E-state index contributed by atoms with van der Waals surface area (Å²) in [6, 6.07) is 3.56. The SMILES string of the molecule is O=c1[nH]c2c(Cl)ccc(F)c2cc1O. The molecule has 2 aromatic rings. The number of benzene rings is 1. The fourth-order valence-electron chi connectivity index (χ4n) is 1.22. The third-order valence-corrected chi connectivity index (χ3v) is 2.21. The van der Waals surface area contributed by atoms with Gasteiger partial charge in [0, 0.05) is 5.39 Å². The molecule has 72 valence electrons. The van der Waals surface area contributed by atoms with Gasteiger partial charge in [-0.25, -0.2) is 4.39 Å². The summed E-state index contributed by atoms with van der Waals surface area (Å²) in [6.45, 7) is 0. The molecule has 5 heteroatoms. The summed E-state index contributed by atoms with van der Waals surface area (Å²) in [5.41, 5.74) is -0.500. The van der Waals surface area contributed by atoms with Gasteiger partial charge in [-0.1, -0.05) is 11.6 Å². The summed E-state index contributed by atoms with van der Waals surface area (Å²) in [4.78, 5) is 13.3. The molecule has 0 aliphatic carbocycles. The molecule has 1 aromatic heterocycles. The normalized spacial score (nSPS) is 10.7. The fraction of sp³-hybridized carbons (Fsp3) is 0. The summed E-state index contributed by atoms with van der Waals surface area (Å²) in [6.07, 6.45) is 0. The van der Waals surface area contributed by atoms with Crippen LogP contribution in [0.4, 0.5) is 4.39 Å². The number of rotatable bonds is 0. The van der Waals surface area contributed by atoms with Gasteiger partial charge in [0.15, 0.2) is 5.75 Å². The van der Waals surface area contributed by atoms with Crippen molar-refractivity contribution in [1.29, 1.82) is 0 Å². The number of nitrogens with one attached hydrogen (secondary N) is 1. The molecule has 0 spiro atoms. The van der Waals surface area contributed by atoms with Gasteiger partial charge in [0.05, 0.1) is 10.5 Å². The number of pyridine rings is 1. The Bertz CT molecular complexity index is 564. The van der Waals surface area contributed by atoms with Gasteiger partial charge in [-0.3, -0.25) is 4.79 Å². The van der Waals surface area contributed by atoms with E-state index >= 15 is 0 Å². The van der Waals surface area contributed by atoms with Crippen LogP contribution in [0.15, 0.2) is 23.0 Å². The monoisotopic (exact) mass is 213 g/mol. The molecule has 1 heterocycles. The number of hydrogen-bond donors (Lipinski definition) is 2. The van der Waals surface area contributed by atoms with Crippen molar-refractivity contribution in [3.63, 3.8) is 0 Å². The zero-order valence-corrected chi connectivity index (χ0v) is 7.60. The Morgan fingerprint density at radius 1 is 1.43 bits per heavy atom. The largest absolute Gasteiger partial charge is 0.503 e. The van der Waals surface area contributed by atoms with E-state index in [1.54, 1.807) is 0 Å². The minimum Gasteiger partial charge on any atom is -0.503 e. The van der Waals surface area contributed by atoms with Crippen LogP contribution < -0.4 is 5.56 Å². The molecule has 2 N–H and O–H groups in total. The first-order valence-electron chi connectivity index (χ1n) is 3.79. The first-order valence-corrected chi connectivity index (χ1v) is 4.17. The molecule has 2 rings (SSSR count). The molecule has 3 nitrogen and oxygen atoms in total. The van der Waals surface area contributed by atoms with Crippen molar-refractivity contribution in [2.75, 3.05) is 0 Å². The third-order valence-electron chi connectivity index (χ3n) is 1.89. The number of fused-ring (bicyclic) bond motifs is 1. The van der Waals surface area contributed by atoms with Crippen molar-refractivity contribution in [2.45, 2.75) is 0 Å². The molecule has 0 bridgehead atoms. The van der Waals surface area contributed by atoms with Crippen LogP contribution in [-0.4, -0.2) is 10.1 Å². The molecule has 0 aliphatic heterocycles. The summed E-state index contributed by atoms with van der Waals surface area (Å²) >= 11 is 5.73. The Hall–Kier alpha value is -1.55. The Morgan fingerprint density at radius 3 is 2.86 bits per heavy atom. The van der Waals surface area contributed by atoms with Gasteiger partial charge in [-0.05, 0) is 18.2 Å². The minimum absolute atomic E-state index is 0.0922. The topological polar surface area (TPSA) is 53.1 Å². The Labute approximate surface area is 82.8 Å². The van der Waals surface area contributed by atoms with E-state index in [0.717, 1.165) is 6.07 Å². The highest BCUT2D eigenvalue weighted by Crippen LogP contribution is 2.24. The lowest BCUT2D eigenvalue weighted by Gasteiger charge is -2.01. The summed E-state index contributed by atoms with van der Waals surface area (Å²) in [5.74, 6) is -1.07. The van der Waals surface area contributed by atoms with Crippen molar-refractivity contribution in [3.8, 4) is 5.75 Å². The molecule has 0 fully saturated rings. The lowest BCUT2D eigenvalue weighted by molar-refractivity contribution is 0.467. The van der Waals surface area contributed by atoms with E-state index in [1.807, 2.05) is 0 Å². The number of aromatic amines is 1. The summed E-state index contributed by atoms with van der Waals surface area (Å²) < 4.78 is 13.2. The van der Waals surface area contributed by atoms with E-state index in [-0.39, 0.29) is 15.9 Å². The predicted octanol–water partition coefficient (Wildman–Crippen LogP) is 2.03. The second kappa shape index (κ2) is 2.99. The molecule has 0 aliphatic rings. The van der Waals surface area contributed by atoms with Crippen molar-refractivity contribution >= 4 is 22.5 Å². The predicted molar refractivity (Wildman–Crippen MR) is 51.2 cm³/mol. The van der Waals surface area contributed by atoms with E-state index in [4.69, 9.17) is 16.7 Å². The Balaban J connectivity index is 3.01. The summed E-state index contributed by atoms with van der Waals surface area (Å²) in [5, 5.41) is 9.41. The number of H-pyrrole nitrogens is 1. The second-order valence-electron chi connectivity index (χ2n) is 2.80. The number of aromatic hydroxyl groups is 1. The van der Waals surface area contributed by atoms with Crippen LogP contribution in [0.5, 0.6) is 5.75 Å². The Morgan fingerprint density at radius 2 is 2.14 bits per heavy atom. The smallest absolute Gasteiger partial charge is 0.290 e. The lowest BCUT2D eigenvalue weighted by Crippen LogP contribution is -2.05. The van der Waals surface area contributed by atoms with Crippen LogP contribution >= 0.6 is 11.6 Å². The van der Waals surface area contributed by atoms with Crippen LogP contribution in [0.1, 0.15) is 0 Å². The van der Waals surface area contributed by atoms with Crippen molar-refractivity contribution in [3.05, 3.63) is 39.4 Å². The zero-order valence-electron chi connectivity index (χ0n) is 6.84. The first-order chi connectivity index (χ1) is 6.59. The van der Waals surface area contributed by atoms with Crippen LogP contribution in [-0.2, 0) is 0 Å². The lowest BCUT2D eigenvalue weighted by atomic mass is 10.2. The van der Waals surface area contributed by atoms with Gasteiger partial charge in [0.1, 0.15) is 5.82 Å². The fourth-order valence-corrected chi connectivity index (χ4v) is 1.43. The van der Waals surface area contributed by atoms with E-state index < -0.39 is 17.1 Å². The number of aromatic nitrogens is 1. The van der Waals surface area contributed by atoms with Gasteiger partial charge in [0.2, 0.25) is 0 Å². The number of hydrogen-bond acceptors (Lipinski definition) is 2. The molecule has 0 saturated heterocycles. The standard InChI is InChI=1S/C9H5ClFNO2/c10-5-1-2-6(11)4-3-7(13)9(14)12-8(4)5/h1-3,13H,(H,12,14). The third kappa shape index (κ3) is 1.24. The van der Waals surface area contributed by atoms with Crippen LogP contribution in [0.2, 0.25) is 5.02 Å². The van der Waals surface area contributed by atoms with Crippen molar-refractivity contribution in [2.24, 2.45) is 0 Å². The van der Waals surface area contributed by atoms with Gasteiger partial charge < -0.3 is 10.1 Å². The average Bonchev–Trinajstić information content (AvgIpc) is 2.15. The minimum atomic E-state index is -0.690. The van der Waals surface area contributed by atoms with Gasteiger partial charge >= 0.3 is 0 Å². The molecule has 0 atom stereocenters. The quantitative estimate of drug-likeness (QED) is 0.704. The van der Waals surface area contributed by atoms with E-state index in [9.17, 15) is 9.18 Å². The Kier molecular flexibility index (Phi) is 1.93. The summed E-state index contributed by atoms with van der Waals surface area (Å²) in [7, 11) is 0. The van der Waals surface area contributed by atoms with Gasteiger partial charge in [-0.15, -0.1) is 0 Å². The van der Waals surface area contributed by atoms with Crippen LogP contribution in [0.25, 0.3) is 10.9 Å². The maximum Gasteiger partial charge on any atom is 0.290 e. The highest BCUT2D eigenvalue weighted by atomic mass is 35.5. The molecule has 14 heavy (non-hydrogen) atoms. The molecular weight excluding hydrogens is 209 g/mol. The molecule has 0 amide bonds. The second-order valence-corrected chi connectivity index (χ2v) is 3.21. The van der Waals surface area contributed by atoms with Gasteiger partial charge in [-0.2, -0.15) is 0 Å². The number of halogens is 2. The van der Waals surface area contributed by atoms with E-state index in [0.29, 0.717) is 0 Å². The maximum atomic E-state index is 13.2. The molecule has 1 aromatic carbocycles. The van der Waals surface area contributed by atoms with E-state index in [1.165, 1.54) is 12.1 Å². The maximum absolute atomic E-state index is 13.2. The van der Waals surface area contributed by atoms with Crippen molar-refractivity contribution < 1.29 is 9.50 Å². The van der Waals surface area contributed by atoms with E-state index in [2.05, 4.69) is 4.98 Å². The highest BCUT2D eigenvalue weighted by Gasteiger charge is 2.07. The first kappa shape index (κ1) is 9.02.